The number of hydroxylamine groups is 1. The minimum atomic E-state index is -2.65. The fraction of sp³-hybridized carbons (Fsp3) is 0.571. The Morgan fingerprint density at radius 1 is 1.25 bits per heavy atom. The van der Waals surface area contributed by atoms with Crippen LogP contribution < -0.4 is 5.48 Å². The molecule has 0 aromatic rings. The van der Waals surface area contributed by atoms with Gasteiger partial charge >= 0.3 is 47.5 Å². The molecule has 0 spiro atoms. The number of hydrogen-bond acceptors (Lipinski definition) is 6. The van der Waals surface area contributed by atoms with E-state index < -0.39 is 36.4 Å². The molecule has 0 aliphatic rings. The summed E-state index contributed by atoms with van der Waals surface area (Å²) in [6.07, 6.45) is -2.03. The number of carboxylic acid groups (broad SMARTS) is 2. The first-order valence-electron chi connectivity index (χ1n) is 3.86. The fourth-order valence-corrected chi connectivity index (χ4v) is 0.853. The summed E-state index contributed by atoms with van der Waals surface area (Å²) in [5.74, 6) is -4.39. The van der Waals surface area contributed by atoms with Crippen LogP contribution in [0.25, 0.3) is 0 Å². The second-order valence-electron chi connectivity index (χ2n) is 2.76. The number of rotatable bonds is 6. The number of nitrogens with one attached hydrogen (secondary N) is 1. The topological polar surface area (TPSA) is 133 Å². The molecule has 9 heteroatoms. The van der Waals surface area contributed by atoms with E-state index in [-0.39, 0.29) is 29.6 Å². The van der Waals surface area contributed by atoms with Crippen molar-refractivity contribution < 1.29 is 34.5 Å². The van der Waals surface area contributed by atoms with Gasteiger partial charge in [-0.15, -0.1) is 0 Å². The van der Waals surface area contributed by atoms with Gasteiger partial charge in [-0.1, -0.05) is 0 Å². The summed E-state index contributed by atoms with van der Waals surface area (Å²) in [6, 6.07) is 0. The molecule has 1 atom stereocenters. The number of carbonyl (C=O) groups is 3. The van der Waals surface area contributed by atoms with Crippen molar-refractivity contribution in [1.29, 1.82) is 0 Å². The van der Waals surface area contributed by atoms with Crippen molar-refractivity contribution in [2.75, 3.05) is 7.05 Å². The van der Waals surface area contributed by atoms with Crippen LogP contribution in [0.15, 0.2) is 0 Å². The summed E-state index contributed by atoms with van der Waals surface area (Å²) in [5, 5.41) is 26.3. The predicted octanol–water partition coefficient (Wildman–Crippen LogP) is -2.30. The summed E-state index contributed by atoms with van der Waals surface area (Å²) < 4.78 is 0. The van der Waals surface area contributed by atoms with Crippen LogP contribution in [0.5, 0.6) is 0 Å². The maximum atomic E-state index is 10.8. The van der Waals surface area contributed by atoms with E-state index in [4.69, 9.17) is 10.2 Å². The van der Waals surface area contributed by atoms with Gasteiger partial charge in [-0.25, -0.2) is 4.79 Å². The van der Waals surface area contributed by atoms with E-state index in [1.165, 1.54) is 7.05 Å². The van der Waals surface area contributed by atoms with Crippen molar-refractivity contribution in [1.82, 2.24) is 5.48 Å². The molecule has 0 aromatic heterocycles. The number of carboxylic acids is 2. The first kappa shape index (κ1) is 17.7. The molecule has 1 unspecified atom stereocenters. The number of carbonyl (C=O) groups excluding carboxylic acids is 1. The molecule has 0 aromatic carbocycles. The molecule has 0 radical (unpaired) electrons. The standard InChI is InChI=1S/C7H11NO7.Na.H/c1-8-15-5(11)3-7(14,6(12)13)2-4(9)10;;/h8,14H,2-3H2,1H3,(H,9,10)(H,12,13);;. The van der Waals surface area contributed by atoms with Crippen molar-refractivity contribution in [2.24, 2.45) is 0 Å². The van der Waals surface area contributed by atoms with Crippen LogP contribution in [0.3, 0.4) is 0 Å². The quantitative estimate of drug-likeness (QED) is 0.303. The molecule has 0 aliphatic heterocycles. The van der Waals surface area contributed by atoms with E-state index in [0.29, 0.717) is 0 Å². The molecule has 88 valence electrons. The van der Waals surface area contributed by atoms with Gasteiger partial charge in [0.05, 0.1) is 12.8 Å². The van der Waals surface area contributed by atoms with Crippen molar-refractivity contribution >= 4 is 47.5 Å². The molecule has 4 N–H and O–H groups in total. The second kappa shape index (κ2) is 7.58. The first-order valence-corrected chi connectivity index (χ1v) is 3.86. The molecular weight excluding hydrogens is 233 g/mol. The Kier molecular flexibility index (Phi) is 8.39. The summed E-state index contributed by atoms with van der Waals surface area (Å²) in [4.78, 5) is 35.8. The fourth-order valence-electron chi connectivity index (χ4n) is 0.853. The third kappa shape index (κ3) is 6.03. The van der Waals surface area contributed by atoms with Gasteiger partial charge in [-0.2, -0.15) is 5.48 Å². The van der Waals surface area contributed by atoms with Crippen LogP contribution >= 0.6 is 0 Å². The molecule has 0 rings (SSSR count). The zero-order chi connectivity index (χ0) is 12.1. The molecule has 0 aliphatic carbocycles. The Hall–Kier alpha value is -0.670. The molecule has 0 fully saturated rings. The van der Waals surface area contributed by atoms with Crippen LogP contribution in [0, 0.1) is 0 Å². The minimum absolute atomic E-state index is 0. The van der Waals surface area contributed by atoms with Crippen LogP contribution in [0.4, 0.5) is 0 Å². The summed E-state index contributed by atoms with van der Waals surface area (Å²) >= 11 is 0. The van der Waals surface area contributed by atoms with Crippen LogP contribution in [0.2, 0.25) is 0 Å². The van der Waals surface area contributed by atoms with E-state index in [0.717, 1.165) is 0 Å². The molecule has 16 heavy (non-hydrogen) atoms. The number of hydrogen-bond donors (Lipinski definition) is 4. The zero-order valence-corrected chi connectivity index (χ0v) is 7.89. The second-order valence-corrected chi connectivity index (χ2v) is 2.76. The Bertz CT molecular complexity index is 282. The third-order valence-corrected chi connectivity index (χ3v) is 1.49. The Morgan fingerprint density at radius 2 is 1.75 bits per heavy atom. The normalized spacial score (nSPS) is 13.1. The van der Waals surface area contributed by atoms with Gasteiger partial charge in [0, 0.05) is 7.05 Å². The Morgan fingerprint density at radius 3 is 2.06 bits per heavy atom. The van der Waals surface area contributed by atoms with Gasteiger partial charge < -0.3 is 20.2 Å². The third-order valence-electron chi connectivity index (χ3n) is 1.49. The summed E-state index contributed by atoms with van der Waals surface area (Å²) in [6.45, 7) is 0. The number of aliphatic carboxylic acids is 2. The van der Waals surface area contributed by atoms with Crippen LogP contribution in [-0.2, 0) is 19.2 Å². The van der Waals surface area contributed by atoms with Gasteiger partial charge in [-0.05, 0) is 0 Å². The van der Waals surface area contributed by atoms with Crippen molar-refractivity contribution in [2.45, 2.75) is 18.4 Å². The Balaban J connectivity index is 0. The SMILES string of the molecule is CNOC(=O)CC(O)(CC(=O)O)C(=O)O.[NaH]. The van der Waals surface area contributed by atoms with E-state index in [1.807, 2.05) is 5.48 Å². The molecule has 0 heterocycles. The monoisotopic (exact) mass is 245 g/mol. The van der Waals surface area contributed by atoms with E-state index in [2.05, 4.69) is 4.84 Å². The number of aliphatic hydroxyl groups is 1. The zero-order valence-electron chi connectivity index (χ0n) is 7.89. The van der Waals surface area contributed by atoms with Crippen molar-refractivity contribution in [3.05, 3.63) is 0 Å². The van der Waals surface area contributed by atoms with Crippen molar-refractivity contribution in [3.8, 4) is 0 Å². The van der Waals surface area contributed by atoms with E-state index in [9.17, 15) is 19.5 Å². The molecule has 0 bridgehead atoms. The van der Waals surface area contributed by atoms with Crippen molar-refractivity contribution in [3.63, 3.8) is 0 Å². The predicted molar refractivity (Wildman–Crippen MR) is 51.8 cm³/mol. The van der Waals surface area contributed by atoms with Gasteiger partial charge in [0.2, 0.25) is 0 Å². The van der Waals surface area contributed by atoms with E-state index in [1.54, 1.807) is 0 Å². The summed E-state index contributed by atoms with van der Waals surface area (Å²) in [7, 11) is 1.26. The molecule has 8 nitrogen and oxygen atoms in total. The average Bonchev–Trinajstić information content (AvgIpc) is 2.01. The molecule has 0 saturated heterocycles. The molecular formula is C7H12NNaO7. The van der Waals surface area contributed by atoms with E-state index >= 15 is 0 Å². The maximum absolute atomic E-state index is 10.8. The molecule has 0 saturated carbocycles. The molecule has 0 amide bonds. The van der Waals surface area contributed by atoms with Gasteiger partial charge in [-0.3, -0.25) is 9.59 Å². The van der Waals surface area contributed by atoms with Crippen LogP contribution in [0.1, 0.15) is 12.8 Å². The van der Waals surface area contributed by atoms with Crippen LogP contribution in [-0.4, -0.2) is 75.4 Å². The average molecular weight is 245 g/mol. The van der Waals surface area contributed by atoms with Gasteiger partial charge in [0.25, 0.3) is 0 Å². The van der Waals surface area contributed by atoms with Gasteiger partial charge in [0.15, 0.2) is 5.60 Å². The summed E-state index contributed by atoms with van der Waals surface area (Å²) in [5.41, 5.74) is -0.672. The van der Waals surface area contributed by atoms with Gasteiger partial charge in [0.1, 0.15) is 0 Å². The Labute approximate surface area is 113 Å². The first-order chi connectivity index (χ1) is 6.81.